The lowest BCUT2D eigenvalue weighted by Gasteiger charge is -2.13. The highest BCUT2D eigenvalue weighted by atomic mass is 16.5. The van der Waals surface area contributed by atoms with E-state index in [-0.39, 0.29) is 0 Å². The van der Waals surface area contributed by atoms with Crippen LogP contribution in [0.15, 0.2) is 91.0 Å². The largest absolute Gasteiger partial charge is 0.483 e. The van der Waals surface area contributed by atoms with Gasteiger partial charge >= 0.3 is 0 Å². The fourth-order valence-corrected chi connectivity index (χ4v) is 3.18. The van der Waals surface area contributed by atoms with Crippen LogP contribution in [0, 0.1) is 6.92 Å². The maximum absolute atomic E-state index is 6.09. The van der Waals surface area contributed by atoms with E-state index in [1.165, 1.54) is 11.1 Å². The van der Waals surface area contributed by atoms with Crippen molar-refractivity contribution >= 4 is 0 Å². The monoisotopic (exact) mass is 396 g/mol. The van der Waals surface area contributed by atoms with E-state index in [9.17, 15) is 0 Å². The average molecular weight is 396 g/mol. The zero-order valence-electron chi connectivity index (χ0n) is 17.0. The smallest absolute Gasteiger partial charge is 0.276 e. The van der Waals surface area contributed by atoms with Crippen molar-refractivity contribution in [2.45, 2.75) is 26.6 Å². The predicted octanol–water partition coefficient (Wildman–Crippen LogP) is 5.53. The van der Waals surface area contributed by atoms with Crippen LogP contribution < -0.4 is 9.47 Å². The van der Waals surface area contributed by atoms with Crippen molar-refractivity contribution in [1.29, 1.82) is 0 Å². The standard InChI is InChI=1S/C26H24N2O2/c1-20-9-8-14-23(15-20)16-24-17-25(29-18-21-10-4-2-5-11-21)26(28-27-24)30-19-22-12-6-3-7-13-22/h2-15,17H,16,18-19H2,1H3. The van der Waals surface area contributed by atoms with Gasteiger partial charge in [-0.2, -0.15) is 5.10 Å². The first-order valence-corrected chi connectivity index (χ1v) is 10.0. The molecular formula is C26H24N2O2. The van der Waals surface area contributed by atoms with Crippen molar-refractivity contribution in [2.24, 2.45) is 0 Å². The number of aryl methyl sites for hydroxylation is 1. The van der Waals surface area contributed by atoms with Crippen LogP contribution in [0.25, 0.3) is 0 Å². The van der Waals surface area contributed by atoms with Gasteiger partial charge in [-0.1, -0.05) is 90.5 Å². The summed E-state index contributed by atoms with van der Waals surface area (Å²) in [6.07, 6.45) is 0.690. The molecule has 0 amide bonds. The molecule has 4 nitrogen and oxygen atoms in total. The average Bonchev–Trinajstić information content (AvgIpc) is 2.78. The normalized spacial score (nSPS) is 10.6. The Labute approximate surface area is 177 Å². The van der Waals surface area contributed by atoms with Gasteiger partial charge in [0.25, 0.3) is 5.88 Å². The molecule has 0 fully saturated rings. The third-order valence-corrected chi connectivity index (χ3v) is 4.70. The Bertz CT molecular complexity index is 1080. The Hall–Kier alpha value is -3.66. The number of hydrogen-bond donors (Lipinski definition) is 0. The predicted molar refractivity (Wildman–Crippen MR) is 118 cm³/mol. The minimum absolute atomic E-state index is 0.405. The first-order chi connectivity index (χ1) is 14.8. The van der Waals surface area contributed by atoms with Gasteiger partial charge in [0.2, 0.25) is 0 Å². The van der Waals surface area contributed by atoms with E-state index in [2.05, 4.69) is 41.4 Å². The third-order valence-electron chi connectivity index (χ3n) is 4.70. The Morgan fingerprint density at radius 2 is 1.27 bits per heavy atom. The number of rotatable bonds is 8. The van der Waals surface area contributed by atoms with E-state index < -0.39 is 0 Å². The molecule has 30 heavy (non-hydrogen) atoms. The topological polar surface area (TPSA) is 44.2 Å². The van der Waals surface area contributed by atoms with Gasteiger partial charge in [-0.25, -0.2) is 0 Å². The molecule has 0 radical (unpaired) electrons. The van der Waals surface area contributed by atoms with Gasteiger partial charge in [-0.3, -0.25) is 0 Å². The maximum Gasteiger partial charge on any atom is 0.276 e. The van der Waals surface area contributed by atoms with Crippen molar-refractivity contribution < 1.29 is 9.47 Å². The molecule has 0 unspecified atom stereocenters. The van der Waals surface area contributed by atoms with E-state index in [1.54, 1.807) is 0 Å². The van der Waals surface area contributed by atoms with Crippen LogP contribution >= 0.6 is 0 Å². The number of nitrogens with zero attached hydrogens (tertiary/aromatic N) is 2. The molecule has 0 atom stereocenters. The van der Waals surface area contributed by atoms with E-state index in [4.69, 9.17) is 9.47 Å². The van der Waals surface area contributed by atoms with Crippen LogP contribution in [0.5, 0.6) is 11.6 Å². The summed E-state index contributed by atoms with van der Waals surface area (Å²) in [4.78, 5) is 0. The highest BCUT2D eigenvalue weighted by Crippen LogP contribution is 2.27. The van der Waals surface area contributed by atoms with Crippen molar-refractivity contribution in [3.63, 3.8) is 0 Å². The molecule has 3 aromatic carbocycles. The van der Waals surface area contributed by atoms with E-state index in [0.717, 1.165) is 16.8 Å². The summed E-state index contributed by atoms with van der Waals surface area (Å²) in [6.45, 7) is 2.94. The second kappa shape index (κ2) is 9.70. The van der Waals surface area contributed by atoms with Crippen LogP contribution in [0.4, 0.5) is 0 Å². The summed E-state index contributed by atoms with van der Waals surface area (Å²) < 4.78 is 12.0. The van der Waals surface area contributed by atoms with Crippen LogP contribution in [0.1, 0.15) is 27.9 Å². The van der Waals surface area contributed by atoms with E-state index in [1.807, 2.05) is 66.7 Å². The Morgan fingerprint density at radius 1 is 0.633 bits per heavy atom. The molecule has 1 aromatic heterocycles. The van der Waals surface area contributed by atoms with Crippen LogP contribution in [-0.2, 0) is 19.6 Å². The van der Waals surface area contributed by atoms with Gasteiger partial charge in [0.1, 0.15) is 13.2 Å². The molecular weight excluding hydrogens is 372 g/mol. The second-order valence-corrected chi connectivity index (χ2v) is 7.22. The van der Waals surface area contributed by atoms with E-state index in [0.29, 0.717) is 31.3 Å². The van der Waals surface area contributed by atoms with Gasteiger partial charge in [-0.15, -0.1) is 5.10 Å². The fourth-order valence-electron chi connectivity index (χ4n) is 3.18. The molecule has 4 rings (SSSR count). The Balaban J connectivity index is 1.54. The van der Waals surface area contributed by atoms with Crippen LogP contribution in [0.2, 0.25) is 0 Å². The van der Waals surface area contributed by atoms with Gasteiger partial charge in [-0.05, 0) is 23.6 Å². The first-order valence-electron chi connectivity index (χ1n) is 10.0. The lowest BCUT2D eigenvalue weighted by Crippen LogP contribution is -2.05. The zero-order valence-corrected chi connectivity index (χ0v) is 17.0. The Kier molecular flexibility index (Phi) is 6.35. The molecule has 0 bridgehead atoms. The minimum atomic E-state index is 0.405. The fraction of sp³-hybridized carbons (Fsp3) is 0.154. The maximum atomic E-state index is 6.09. The SMILES string of the molecule is Cc1cccc(Cc2cc(OCc3ccccc3)c(OCc3ccccc3)nn2)c1. The van der Waals surface area contributed by atoms with Gasteiger partial charge in [0.15, 0.2) is 5.75 Å². The van der Waals surface area contributed by atoms with Crippen molar-refractivity contribution in [1.82, 2.24) is 10.2 Å². The molecule has 150 valence electrons. The molecule has 0 spiro atoms. The summed E-state index contributed by atoms with van der Waals surface area (Å²) in [7, 11) is 0. The molecule has 0 aliphatic carbocycles. The quantitative estimate of drug-likeness (QED) is 0.393. The summed E-state index contributed by atoms with van der Waals surface area (Å²) in [6, 6.07) is 30.4. The number of hydrogen-bond acceptors (Lipinski definition) is 4. The molecule has 0 saturated heterocycles. The molecule has 4 heteroatoms. The lowest BCUT2D eigenvalue weighted by molar-refractivity contribution is 0.243. The first kappa shape index (κ1) is 19.6. The minimum Gasteiger partial charge on any atom is -0.483 e. The lowest BCUT2D eigenvalue weighted by atomic mass is 10.1. The Morgan fingerprint density at radius 3 is 1.93 bits per heavy atom. The summed E-state index contributed by atoms with van der Waals surface area (Å²) in [5.41, 5.74) is 5.41. The molecule has 0 saturated carbocycles. The molecule has 0 aliphatic heterocycles. The number of aromatic nitrogens is 2. The zero-order chi connectivity index (χ0) is 20.6. The van der Waals surface area contributed by atoms with Crippen LogP contribution in [-0.4, -0.2) is 10.2 Å². The van der Waals surface area contributed by atoms with E-state index >= 15 is 0 Å². The van der Waals surface area contributed by atoms with Gasteiger partial charge < -0.3 is 9.47 Å². The molecule has 4 aromatic rings. The highest BCUT2D eigenvalue weighted by Gasteiger charge is 2.12. The summed E-state index contributed by atoms with van der Waals surface area (Å²) >= 11 is 0. The molecule has 1 heterocycles. The third kappa shape index (κ3) is 5.45. The number of ether oxygens (including phenoxy) is 2. The number of benzene rings is 3. The molecule has 0 aliphatic rings. The molecule has 0 N–H and O–H groups in total. The van der Waals surface area contributed by atoms with Gasteiger partial charge in [0.05, 0.1) is 5.69 Å². The van der Waals surface area contributed by atoms with Gasteiger partial charge in [0, 0.05) is 12.5 Å². The highest BCUT2D eigenvalue weighted by molar-refractivity contribution is 5.36. The summed E-state index contributed by atoms with van der Waals surface area (Å²) in [5.74, 6) is 1.01. The van der Waals surface area contributed by atoms with Crippen LogP contribution in [0.3, 0.4) is 0 Å². The summed E-state index contributed by atoms with van der Waals surface area (Å²) in [5, 5.41) is 8.70. The van der Waals surface area contributed by atoms with Crippen molar-refractivity contribution in [3.8, 4) is 11.6 Å². The van der Waals surface area contributed by atoms with Crippen molar-refractivity contribution in [3.05, 3.63) is 119 Å². The second-order valence-electron chi connectivity index (χ2n) is 7.22. The van der Waals surface area contributed by atoms with Crippen molar-refractivity contribution in [2.75, 3.05) is 0 Å².